The molecule has 3 unspecified atom stereocenters. The van der Waals surface area contributed by atoms with Crippen molar-refractivity contribution in [3.63, 3.8) is 0 Å². The molecule has 0 aromatic heterocycles. The fourth-order valence-corrected chi connectivity index (χ4v) is 4.58. The van der Waals surface area contributed by atoms with E-state index in [0.29, 0.717) is 37.0 Å². The Morgan fingerprint density at radius 3 is 2.16 bits per heavy atom. The summed E-state index contributed by atoms with van der Waals surface area (Å²) >= 11 is 0. The van der Waals surface area contributed by atoms with Crippen molar-refractivity contribution in [1.29, 1.82) is 0 Å². The highest BCUT2D eigenvalue weighted by molar-refractivity contribution is 6.01. The molecule has 2 heterocycles. The number of likely N-dealkylation sites (N-methyl/N-ethyl adjacent to an activating group) is 2. The van der Waals surface area contributed by atoms with Crippen molar-refractivity contribution >= 4 is 23.8 Å². The molecule has 0 aliphatic carbocycles. The topological polar surface area (TPSA) is 111 Å². The van der Waals surface area contributed by atoms with Gasteiger partial charge in [0.1, 0.15) is 0 Å². The van der Waals surface area contributed by atoms with Gasteiger partial charge in [-0.2, -0.15) is 0 Å². The van der Waals surface area contributed by atoms with Crippen molar-refractivity contribution in [1.82, 2.24) is 25.5 Å². The van der Waals surface area contributed by atoms with Crippen molar-refractivity contribution in [3.05, 3.63) is 0 Å². The van der Waals surface area contributed by atoms with Gasteiger partial charge in [-0.05, 0) is 54.6 Å². The van der Waals surface area contributed by atoms with Crippen LogP contribution in [0, 0.1) is 5.41 Å². The van der Waals surface area contributed by atoms with E-state index in [-0.39, 0.29) is 30.8 Å². The number of nitrogens with zero attached hydrogens (tertiary/aromatic N) is 3. The Morgan fingerprint density at radius 1 is 1.03 bits per heavy atom. The van der Waals surface area contributed by atoms with E-state index in [1.54, 1.807) is 0 Å². The maximum Gasteiger partial charge on any atom is 0.432 e. The van der Waals surface area contributed by atoms with Gasteiger partial charge in [0, 0.05) is 50.6 Å². The number of unbranched alkanes of at least 4 members (excludes halogenated alkanes) is 1. The van der Waals surface area contributed by atoms with Crippen LogP contribution in [-0.4, -0.2) is 90.5 Å². The molecule has 10 nitrogen and oxygen atoms in total. The Bertz CT molecular complexity index is 682. The average Bonchev–Trinajstić information content (AvgIpc) is 3.00. The molecule has 2 N–H and O–H groups in total. The van der Waals surface area contributed by atoms with Crippen molar-refractivity contribution in [3.8, 4) is 0 Å². The quantitative estimate of drug-likeness (QED) is 0.423. The number of amides is 4. The van der Waals surface area contributed by atoms with Crippen LogP contribution in [0.1, 0.15) is 53.4 Å². The third-order valence-electron chi connectivity index (χ3n) is 6.48. The van der Waals surface area contributed by atoms with Crippen LogP contribution in [-0.2, 0) is 19.2 Å². The number of carbonyl (C=O) groups is 4. The number of rotatable bonds is 8. The molecule has 0 radical (unpaired) electrons. The van der Waals surface area contributed by atoms with Gasteiger partial charge in [0.05, 0.1) is 5.41 Å². The number of imide groups is 1. The molecule has 2 aliphatic heterocycles. The number of hydrogen-bond acceptors (Lipinski definition) is 7. The summed E-state index contributed by atoms with van der Waals surface area (Å²) in [5.74, 6) is -1.01. The predicted molar refractivity (Wildman–Crippen MR) is 115 cm³/mol. The van der Waals surface area contributed by atoms with Crippen molar-refractivity contribution in [2.75, 3.05) is 33.7 Å². The third kappa shape index (κ3) is 5.94. The van der Waals surface area contributed by atoms with Gasteiger partial charge in [-0.25, -0.2) is 4.79 Å². The Balaban J connectivity index is 1.69. The summed E-state index contributed by atoms with van der Waals surface area (Å²) in [4.78, 5) is 56.8. The summed E-state index contributed by atoms with van der Waals surface area (Å²) < 4.78 is 0. The Labute approximate surface area is 184 Å². The lowest BCUT2D eigenvalue weighted by atomic mass is 9.77. The fraction of sp³-hybridized carbons (Fsp3) is 0.810. The number of piperazine rings is 1. The van der Waals surface area contributed by atoms with Gasteiger partial charge in [0.2, 0.25) is 5.91 Å². The minimum Gasteiger partial charge on any atom is -0.356 e. The first kappa shape index (κ1) is 25.1. The Morgan fingerprint density at radius 2 is 1.58 bits per heavy atom. The number of nitrogens with one attached hydrogen (secondary N) is 2. The first-order chi connectivity index (χ1) is 14.5. The first-order valence-corrected chi connectivity index (χ1v) is 11.0. The molecule has 0 aromatic rings. The van der Waals surface area contributed by atoms with E-state index in [2.05, 4.69) is 48.4 Å². The summed E-state index contributed by atoms with van der Waals surface area (Å²) in [7, 11) is 4.19. The maximum absolute atomic E-state index is 12.9. The van der Waals surface area contributed by atoms with Crippen LogP contribution in [0.5, 0.6) is 0 Å². The van der Waals surface area contributed by atoms with Crippen LogP contribution in [0.3, 0.4) is 0 Å². The summed E-state index contributed by atoms with van der Waals surface area (Å²) in [6.45, 7) is 10.1. The van der Waals surface area contributed by atoms with Crippen LogP contribution in [0.2, 0.25) is 0 Å². The normalized spacial score (nSPS) is 25.6. The van der Waals surface area contributed by atoms with Gasteiger partial charge in [-0.1, -0.05) is 0 Å². The van der Waals surface area contributed by atoms with Gasteiger partial charge in [-0.3, -0.25) is 24.2 Å². The molecule has 2 aliphatic rings. The molecule has 2 fully saturated rings. The lowest BCUT2D eigenvalue weighted by molar-refractivity contribution is -0.171. The lowest BCUT2D eigenvalue weighted by Gasteiger charge is -2.52. The lowest BCUT2D eigenvalue weighted by Crippen LogP contribution is -2.66. The smallest absolute Gasteiger partial charge is 0.356 e. The highest BCUT2D eigenvalue weighted by Gasteiger charge is 2.46. The molecule has 4 amide bonds. The SMILES string of the molecule is CC1CN(C)C(C(C)(C)C(=O)NCCCCNC(=O)ON2C(=O)CCC2=O)C(C)N1C. The van der Waals surface area contributed by atoms with Gasteiger partial charge in [0.25, 0.3) is 11.8 Å². The zero-order valence-electron chi connectivity index (χ0n) is 19.6. The Hall–Kier alpha value is -2.20. The van der Waals surface area contributed by atoms with Gasteiger partial charge in [-0.15, -0.1) is 5.06 Å². The highest BCUT2D eigenvalue weighted by atomic mass is 16.7. The van der Waals surface area contributed by atoms with E-state index in [1.165, 1.54) is 0 Å². The van der Waals surface area contributed by atoms with Crippen LogP contribution >= 0.6 is 0 Å². The summed E-state index contributed by atoms with van der Waals surface area (Å²) in [6.07, 6.45) is 0.593. The number of carbonyl (C=O) groups excluding carboxylic acids is 4. The van der Waals surface area contributed by atoms with Crippen LogP contribution in [0.25, 0.3) is 0 Å². The molecule has 0 aromatic carbocycles. The Kier molecular flexibility index (Phi) is 8.41. The highest BCUT2D eigenvalue weighted by Crippen LogP contribution is 2.33. The van der Waals surface area contributed by atoms with E-state index in [1.807, 2.05) is 13.8 Å². The van der Waals surface area contributed by atoms with Crippen molar-refractivity contribution < 1.29 is 24.0 Å². The molecule has 2 saturated heterocycles. The monoisotopic (exact) mass is 439 g/mol. The zero-order valence-corrected chi connectivity index (χ0v) is 19.6. The minimum atomic E-state index is -0.832. The molecule has 0 bridgehead atoms. The van der Waals surface area contributed by atoms with Crippen molar-refractivity contribution in [2.24, 2.45) is 5.41 Å². The molecule has 176 valence electrons. The van der Waals surface area contributed by atoms with E-state index < -0.39 is 23.3 Å². The second-order valence-corrected chi connectivity index (χ2v) is 9.21. The molecule has 31 heavy (non-hydrogen) atoms. The molecule has 0 spiro atoms. The predicted octanol–water partition coefficient (Wildman–Crippen LogP) is 0.722. The summed E-state index contributed by atoms with van der Waals surface area (Å²) in [5.41, 5.74) is -0.556. The second kappa shape index (κ2) is 10.4. The minimum absolute atomic E-state index is 0.0116. The van der Waals surface area contributed by atoms with Gasteiger partial charge in [0.15, 0.2) is 0 Å². The largest absolute Gasteiger partial charge is 0.432 e. The van der Waals surface area contributed by atoms with E-state index in [4.69, 9.17) is 4.84 Å². The number of hydrogen-bond donors (Lipinski definition) is 2. The van der Waals surface area contributed by atoms with E-state index >= 15 is 0 Å². The van der Waals surface area contributed by atoms with Crippen molar-refractivity contribution in [2.45, 2.75) is 71.5 Å². The summed E-state index contributed by atoms with van der Waals surface area (Å²) in [6, 6.07) is 0.788. The fourth-order valence-electron chi connectivity index (χ4n) is 4.58. The first-order valence-electron chi connectivity index (χ1n) is 11.0. The van der Waals surface area contributed by atoms with Gasteiger partial charge < -0.3 is 15.5 Å². The molecule has 3 atom stereocenters. The van der Waals surface area contributed by atoms with Crippen LogP contribution in [0.15, 0.2) is 0 Å². The second-order valence-electron chi connectivity index (χ2n) is 9.21. The molecule has 10 heteroatoms. The maximum atomic E-state index is 12.9. The van der Waals surface area contributed by atoms with Crippen LogP contribution in [0.4, 0.5) is 4.79 Å². The molecule has 2 rings (SSSR count). The molecular weight excluding hydrogens is 402 g/mol. The van der Waals surface area contributed by atoms with E-state index in [0.717, 1.165) is 6.54 Å². The van der Waals surface area contributed by atoms with Crippen LogP contribution < -0.4 is 10.6 Å². The molecule has 0 saturated carbocycles. The molecular formula is C21H37N5O5. The standard InChI is InChI=1S/C21H37N5O5/c1-14-13-24(5)18(15(2)25(14)6)21(3,4)19(29)22-11-7-8-12-23-20(30)31-26-16(27)9-10-17(26)28/h14-15,18H,7-13H2,1-6H3,(H,22,29)(H,23,30). The average molecular weight is 440 g/mol. The zero-order chi connectivity index (χ0) is 23.3. The third-order valence-corrected chi connectivity index (χ3v) is 6.48. The number of hydroxylamine groups is 2. The van der Waals surface area contributed by atoms with Gasteiger partial charge >= 0.3 is 6.09 Å². The summed E-state index contributed by atoms with van der Waals surface area (Å²) in [5, 5.41) is 6.04. The van der Waals surface area contributed by atoms with E-state index in [9.17, 15) is 19.2 Å².